The van der Waals surface area contributed by atoms with Gasteiger partial charge in [-0.15, -0.1) is 0 Å². The number of nitrogens with zero attached hydrogens (tertiary/aromatic N) is 1. The van der Waals surface area contributed by atoms with Crippen LogP contribution in [0.5, 0.6) is 0 Å². The van der Waals surface area contributed by atoms with Gasteiger partial charge in [0.05, 0.1) is 11.0 Å². The van der Waals surface area contributed by atoms with Gasteiger partial charge >= 0.3 is 0 Å². The maximum absolute atomic E-state index is 4.77. The summed E-state index contributed by atoms with van der Waals surface area (Å²) in [5, 5.41) is 3.33. The van der Waals surface area contributed by atoms with Crippen molar-refractivity contribution in [3.05, 3.63) is 29.6 Å². The third-order valence-electron chi connectivity index (χ3n) is 4.52. The summed E-state index contributed by atoms with van der Waals surface area (Å²) in [6.45, 7) is 2.24. The zero-order valence-electron chi connectivity index (χ0n) is 10.6. The van der Waals surface area contributed by atoms with Crippen LogP contribution in [0.4, 0.5) is 0 Å². The Kier molecular flexibility index (Phi) is 2.40. The van der Waals surface area contributed by atoms with E-state index in [-0.39, 0.29) is 0 Å². The Morgan fingerprint density at radius 2 is 1.89 bits per heavy atom. The number of nitrogens with one attached hydrogen (secondary N) is 2. The maximum Gasteiger partial charge on any atom is 0.110 e. The van der Waals surface area contributed by atoms with Crippen molar-refractivity contribution >= 4 is 11.0 Å². The standard InChI is InChI=1S/C15H19N3/c1-2-4-10(3-1)15-17-13-6-5-11(7-14(13)18-15)12-8-16-9-12/h5-7,10,12,16H,1-4,8-9H2,(H,17,18). The zero-order valence-corrected chi connectivity index (χ0v) is 10.6. The van der Waals surface area contributed by atoms with Gasteiger partial charge in [0.25, 0.3) is 0 Å². The predicted molar refractivity (Wildman–Crippen MR) is 72.9 cm³/mol. The van der Waals surface area contributed by atoms with Gasteiger partial charge in [0.2, 0.25) is 0 Å². The molecule has 2 aliphatic rings. The summed E-state index contributed by atoms with van der Waals surface area (Å²) in [6, 6.07) is 6.72. The van der Waals surface area contributed by atoms with Gasteiger partial charge in [-0.25, -0.2) is 4.98 Å². The van der Waals surface area contributed by atoms with Crippen LogP contribution in [0.25, 0.3) is 11.0 Å². The number of fused-ring (bicyclic) bond motifs is 1. The molecule has 0 atom stereocenters. The molecule has 0 unspecified atom stereocenters. The summed E-state index contributed by atoms with van der Waals surface area (Å²) < 4.78 is 0. The third kappa shape index (κ3) is 1.65. The minimum absolute atomic E-state index is 0.672. The van der Waals surface area contributed by atoms with Crippen molar-refractivity contribution in [1.29, 1.82) is 0 Å². The molecular weight excluding hydrogens is 222 g/mol. The fraction of sp³-hybridized carbons (Fsp3) is 0.533. The van der Waals surface area contributed by atoms with Crippen LogP contribution in [0.3, 0.4) is 0 Å². The molecule has 1 aromatic carbocycles. The molecule has 0 amide bonds. The molecule has 1 aliphatic carbocycles. The van der Waals surface area contributed by atoms with E-state index in [2.05, 4.69) is 28.5 Å². The highest BCUT2D eigenvalue weighted by atomic mass is 15.0. The highest BCUT2D eigenvalue weighted by Crippen LogP contribution is 2.33. The number of hydrogen-bond acceptors (Lipinski definition) is 2. The Morgan fingerprint density at radius 1 is 1.06 bits per heavy atom. The van der Waals surface area contributed by atoms with Crippen molar-refractivity contribution < 1.29 is 0 Å². The first-order chi connectivity index (χ1) is 8.90. The second-order valence-electron chi connectivity index (χ2n) is 5.74. The molecular formula is C15H19N3. The lowest BCUT2D eigenvalue weighted by Gasteiger charge is -2.27. The van der Waals surface area contributed by atoms with Crippen molar-refractivity contribution in [1.82, 2.24) is 15.3 Å². The first kappa shape index (κ1) is 10.6. The van der Waals surface area contributed by atoms with Crippen molar-refractivity contribution in [3.8, 4) is 0 Å². The van der Waals surface area contributed by atoms with Gasteiger partial charge in [-0.3, -0.25) is 0 Å². The fourth-order valence-electron chi connectivity index (χ4n) is 3.22. The van der Waals surface area contributed by atoms with Crippen LogP contribution in [0.2, 0.25) is 0 Å². The third-order valence-corrected chi connectivity index (χ3v) is 4.52. The van der Waals surface area contributed by atoms with Crippen LogP contribution in [0.15, 0.2) is 18.2 Å². The molecule has 4 rings (SSSR count). The molecule has 1 saturated carbocycles. The number of hydrogen-bond donors (Lipinski definition) is 2. The molecule has 1 saturated heterocycles. The van der Waals surface area contributed by atoms with E-state index < -0.39 is 0 Å². The molecule has 2 heterocycles. The lowest BCUT2D eigenvalue weighted by molar-refractivity contribution is 0.448. The number of H-pyrrole nitrogens is 1. The van der Waals surface area contributed by atoms with Gasteiger partial charge in [-0.1, -0.05) is 18.9 Å². The number of aromatic amines is 1. The van der Waals surface area contributed by atoms with Gasteiger partial charge in [0.1, 0.15) is 5.82 Å². The minimum Gasteiger partial charge on any atom is -0.342 e. The molecule has 18 heavy (non-hydrogen) atoms. The molecule has 0 spiro atoms. The SMILES string of the molecule is c1cc2nc(C3CCCC3)[nH]c2cc1C1CNC1. The summed E-state index contributed by atoms with van der Waals surface area (Å²) in [6.07, 6.45) is 5.33. The number of rotatable bonds is 2. The summed E-state index contributed by atoms with van der Waals surface area (Å²) in [7, 11) is 0. The summed E-state index contributed by atoms with van der Waals surface area (Å²) in [4.78, 5) is 8.32. The average Bonchev–Trinajstić information content (AvgIpc) is 2.94. The Bertz CT molecular complexity index is 562. The molecule has 2 N–H and O–H groups in total. The summed E-state index contributed by atoms with van der Waals surface area (Å²) in [5.41, 5.74) is 3.80. The van der Waals surface area contributed by atoms with Crippen LogP contribution < -0.4 is 5.32 Å². The van der Waals surface area contributed by atoms with E-state index >= 15 is 0 Å². The van der Waals surface area contributed by atoms with E-state index in [1.807, 2.05) is 0 Å². The number of benzene rings is 1. The van der Waals surface area contributed by atoms with E-state index in [1.54, 1.807) is 0 Å². The quantitative estimate of drug-likeness (QED) is 0.848. The molecule has 1 aromatic heterocycles. The highest BCUT2D eigenvalue weighted by Gasteiger charge is 2.22. The van der Waals surface area contributed by atoms with E-state index in [0.29, 0.717) is 11.8 Å². The lowest BCUT2D eigenvalue weighted by Crippen LogP contribution is -2.39. The largest absolute Gasteiger partial charge is 0.342 e. The van der Waals surface area contributed by atoms with E-state index in [9.17, 15) is 0 Å². The first-order valence-electron chi connectivity index (χ1n) is 7.10. The van der Waals surface area contributed by atoms with Crippen molar-refractivity contribution in [2.45, 2.75) is 37.5 Å². The van der Waals surface area contributed by atoms with E-state index in [4.69, 9.17) is 4.98 Å². The second kappa shape index (κ2) is 4.09. The van der Waals surface area contributed by atoms with Gasteiger partial charge in [-0.05, 0) is 30.5 Å². The van der Waals surface area contributed by atoms with E-state index in [1.165, 1.54) is 42.6 Å². The number of imidazole rings is 1. The van der Waals surface area contributed by atoms with Crippen LogP contribution in [-0.4, -0.2) is 23.1 Å². The maximum atomic E-state index is 4.77. The highest BCUT2D eigenvalue weighted by molar-refractivity contribution is 5.76. The molecule has 0 radical (unpaired) electrons. The molecule has 2 fully saturated rings. The van der Waals surface area contributed by atoms with Crippen LogP contribution in [0, 0.1) is 0 Å². The molecule has 94 valence electrons. The van der Waals surface area contributed by atoms with Gasteiger partial charge in [0, 0.05) is 24.9 Å². The van der Waals surface area contributed by atoms with Gasteiger partial charge < -0.3 is 10.3 Å². The Balaban J connectivity index is 1.70. The number of aromatic nitrogens is 2. The second-order valence-corrected chi connectivity index (χ2v) is 5.74. The smallest absolute Gasteiger partial charge is 0.110 e. The Morgan fingerprint density at radius 3 is 2.61 bits per heavy atom. The van der Waals surface area contributed by atoms with Crippen LogP contribution in [-0.2, 0) is 0 Å². The molecule has 2 aromatic rings. The Hall–Kier alpha value is -1.35. The van der Waals surface area contributed by atoms with E-state index in [0.717, 1.165) is 18.6 Å². The van der Waals surface area contributed by atoms with Crippen LogP contribution in [0.1, 0.15) is 48.9 Å². The molecule has 0 bridgehead atoms. The van der Waals surface area contributed by atoms with Crippen molar-refractivity contribution in [3.63, 3.8) is 0 Å². The fourth-order valence-corrected chi connectivity index (χ4v) is 3.22. The summed E-state index contributed by atoms with van der Waals surface area (Å²) in [5.74, 6) is 2.59. The summed E-state index contributed by atoms with van der Waals surface area (Å²) >= 11 is 0. The minimum atomic E-state index is 0.672. The average molecular weight is 241 g/mol. The monoisotopic (exact) mass is 241 g/mol. The van der Waals surface area contributed by atoms with Gasteiger partial charge in [0.15, 0.2) is 0 Å². The first-order valence-corrected chi connectivity index (χ1v) is 7.10. The van der Waals surface area contributed by atoms with Crippen LogP contribution >= 0.6 is 0 Å². The predicted octanol–water partition coefficient (Wildman–Crippen LogP) is 2.91. The lowest BCUT2D eigenvalue weighted by atomic mass is 9.93. The Labute approximate surface area is 107 Å². The zero-order chi connectivity index (χ0) is 11.9. The van der Waals surface area contributed by atoms with Crippen molar-refractivity contribution in [2.24, 2.45) is 0 Å². The molecule has 3 nitrogen and oxygen atoms in total. The van der Waals surface area contributed by atoms with Gasteiger partial charge in [-0.2, -0.15) is 0 Å². The molecule has 1 aliphatic heterocycles. The normalized spacial score (nSPS) is 21.6. The van der Waals surface area contributed by atoms with Crippen molar-refractivity contribution in [2.75, 3.05) is 13.1 Å². The topological polar surface area (TPSA) is 40.7 Å². The molecule has 3 heteroatoms.